The van der Waals surface area contributed by atoms with Gasteiger partial charge >= 0.3 is 0 Å². The van der Waals surface area contributed by atoms with E-state index in [2.05, 4.69) is 48.3 Å². The molecular weight excluding hydrogens is 184 g/mol. The lowest BCUT2D eigenvalue weighted by Crippen LogP contribution is -1.88. The van der Waals surface area contributed by atoms with Crippen LogP contribution in [0.25, 0.3) is 11.1 Å². The van der Waals surface area contributed by atoms with E-state index in [1.807, 2.05) is 6.92 Å². The van der Waals surface area contributed by atoms with Gasteiger partial charge in [0.2, 0.25) is 0 Å². The lowest BCUT2D eigenvalue weighted by Gasteiger charge is -2.05. The molecule has 0 fully saturated rings. The summed E-state index contributed by atoms with van der Waals surface area (Å²) in [5.41, 5.74) is 5.91. The molecule has 1 aromatic carbocycles. The van der Waals surface area contributed by atoms with Crippen molar-refractivity contribution < 1.29 is 0 Å². The first-order chi connectivity index (χ1) is 7.16. The van der Waals surface area contributed by atoms with E-state index in [1.54, 1.807) is 6.20 Å². The Balaban J connectivity index is 2.50. The van der Waals surface area contributed by atoms with Crippen LogP contribution in [0.2, 0.25) is 0 Å². The molecule has 2 heteroatoms. The van der Waals surface area contributed by atoms with Crippen LogP contribution in [0, 0.1) is 20.8 Å². The first-order valence-corrected chi connectivity index (χ1v) is 5.04. The average molecular weight is 198 g/mol. The van der Waals surface area contributed by atoms with Gasteiger partial charge in [-0.1, -0.05) is 18.2 Å². The Morgan fingerprint density at radius 2 is 1.67 bits per heavy atom. The van der Waals surface area contributed by atoms with E-state index in [9.17, 15) is 0 Å². The van der Waals surface area contributed by atoms with Gasteiger partial charge in [0, 0.05) is 5.56 Å². The normalized spacial score (nSPS) is 10.3. The lowest BCUT2D eigenvalue weighted by atomic mass is 10.0. The van der Waals surface area contributed by atoms with Crippen LogP contribution < -0.4 is 0 Å². The Morgan fingerprint density at radius 1 is 0.867 bits per heavy atom. The summed E-state index contributed by atoms with van der Waals surface area (Å²) in [4.78, 5) is 0. The molecule has 0 unspecified atom stereocenters. The molecule has 15 heavy (non-hydrogen) atoms. The first kappa shape index (κ1) is 9.84. The van der Waals surface area contributed by atoms with E-state index in [0.717, 1.165) is 11.3 Å². The molecule has 0 saturated carbocycles. The Hall–Kier alpha value is -1.70. The van der Waals surface area contributed by atoms with E-state index in [1.165, 1.54) is 16.7 Å². The van der Waals surface area contributed by atoms with Gasteiger partial charge in [-0.15, -0.1) is 0 Å². The molecule has 2 aromatic rings. The molecule has 0 aliphatic heterocycles. The molecule has 0 spiro atoms. The minimum atomic E-state index is 0.950. The van der Waals surface area contributed by atoms with Crippen molar-refractivity contribution in [3.05, 3.63) is 47.3 Å². The average Bonchev–Trinajstić information content (AvgIpc) is 2.22. The molecule has 0 aliphatic rings. The van der Waals surface area contributed by atoms with Crippen molar-refractivity contribution >= 4 is 0 Å². The Morgan fingerprint density at radius 3 is 2.33 bits per heavy atom. The summed E-state index contributed by atoms with van der Waals surface area (Å²) < 4.78 is 0. The van der Waals surface area contributed by atoms with Crippen LogP contribution in [0.4, 0.5) is 0 Å². The summed E-state index contributed by atoms with van der Waals surface area (Å²) in [7, 11) is 0. The summed E-state index contributed by atoms with van der Waals surface area (Å²) in [6.45, 7) is 6.20. The van der Waals surface area contributed by atoms with Gasteiger partial charge in [0.1, 0.15) is 0 Å². The maximum atomic E-state index is 3.96. The predicted molar refractivity (Wildman–Crippen MR) is 61.7 cm³/mol. The number of benzene rings is 1. The quantitative estimate of drug-likeness (QED) is 0.703. The molecule has 0 bridgehead atoms. The van der Waals surface area contributed by atoms with E-state index in [0.29, 0.717) is 0 Å². The fraction of sp³-hybridized carbons (Fsp3) is 0.231. The highest BCUT2D eigenvalue weighted by Crippen LogP contribution is 2.21. The lowest BCUT2D eigenvalue weighted by molar-refractivity contribution is 0.982. The van der Waals surface area contributed by atoms with Crippen molar-refractivity contribution in [3.8, 4) is 11.1 Å². The highest BCUT2D eigenvalue weighted by atomic mass is 15.1. The number of hydrogen-bond acceptors (Lipinski definition) is 2. The minimum Gasteiger partial charge on any atom is -0.158 e. The van der Waals surface area contributed by atoms with Crippen LogP contribution in [0.5, 0.6) is 0 Å². The van der Waals surface area contributed by atoms with Crippen molar-refractivity contribution in [3.63, 3.8) is 0 Å². The standard InChI is InChI=1S/C13H14N2/c1-9-4-5-12(6-10(9)2)13-7-11(3)15-14-8-13/h4-8H,1-3H3. The maximum Gasteiger partial charge on any atom is 0.0606 e. The topological polar surface area (TPSA) is 25.8 Å². The van der Waals surface area contributed by atoms with Crippen LogP contribution in [0.15, 0.2) is 30.5 Å². The minimum absolute atomic E-state index is 0.950. The molecule has 0 amide bonds. The SMILES string of the molecule is Cc1cc(-c2ccc(C)c(C)c2)cnn1. The zero-order valence-corrected chi connectivity index (χ0v) is 9.28. The maximum absolute atomic E-state index is 3.96. The second kappa shape index (κ2) is 3.81. The molecule has 2 rings (SSSR count). The molecule has 0 saturated heterocycles. The van der Waals surface area contributed by atoms with Gasteiger partial charge in [-0.05, 0) is 43.5 Å². The summed E-state index contributed by atoms with van der Waals surface area (Å²) in [6.07, 6.45) is 1.80. The largest absolute Gasteiger partial charge is 0.158 e. The molecule has 2 nitrogen and oxygen atoms in total. The number of nitrogens with zero attached hydrogens (tertiary/aromatic N) is 2. The Bertz CT molecular complexity index is 490. The van der Waals surface area contributed by atoms with Crippen LogP contribution >= 0.6 is 0 Å². The fourth-order valence-corrected chi connectivity index (χ4v) is 1.55. The summed E-state index contributed by atoms with van der Waals surface area (Å²) >= 11 is 0. The number of hydrogen-bond donors (Lipinski definition) is 0. The van der Waals surface area contributed by atoms with Crippen LogP contribution in [-0.4, -0.2) is 10.2 Å². The third kappa shape index (κ3) is 2.04. The van der Waals surface area contributed by atoms with E-state index >= 15 is 0 Å². The monoisotopic (exact) mass is 198 g/mol. The third-order valence-electron chi connectivity index (χ3n) is 2.62. The van der Waals surface area contributed by atoms with Crippen molar-refractivity contribution in [1.29, 1.82) is 0 Å². The highest BCUT2D eigenvalue weighted by molar-refractivity contribution is 5.63. The molecule has 0 atom stereocenters. The molecule has 0 N–H and O–H groups in total. The van der Waals surface area contributed by atoms with Crippen LogP contribution in [0.3, 0.4) is 0 Å². The Kier molecular flexibility index (Phi) is 2.50. The zero-order chi connectivity index (χ0) is 10.8. The number of rotatable bonds is 1. The molecule has 1 aromatic heterocycles. The molecular formula is C13H14N2. The predicted octanol–water partition coefficient (Wildman–Crippen LogP) is 3.07. The highest BCUT2D eigenvalue weighted by Gasteiger charge is 2.00. The van der Waals surface area contributed by atoms with Gasteiger partial charge in [0.05, 0.1) is 11.9 Å². The van der Waals surface area contributed by atoms with Crippen molar-refractivity contribution in [2.45, 2.75) is 20.8 Å². The smallest absolute Gasteiger partial charge is 0.0606 e. The van der Waals surface area contributed by atoms with E-state index in [-0.39, 0.29) is 0 Å². The molecule has 1 heterocycles. The summed E-state index contributed by atoms with van der Waals surface area (Å²) in [5.74, 6) is 0. The van der Waals surface area contributed by atoms with Gasteiger partial charge in [-0.3, -0.25) is 0 Å². The van der Waals surface area contributed by atoms with Gasteiger partial charge in [-0.2, -0.15) is 10.2 Å². The van der Waals surface area contributed by atoms with Crippen molar-refractivity contribution in [2.75, 3.05) is 0 Å². The molecule has 0 aliphatic carbocycles. The van der Waals surface area contributed by atoms with E-state index < -0.39 is 0 Å². The number of aromatic nitrogens is 2. The molecule has 0 radical (unpaired) electrons. The second-order valence-electron chi connectivity index (χ2n) is 3.88. The first-order valence-electron chi connectivity index (χ1n) is 5.04. The Labute approximate surface area is 90.0 Å². The fourth-order valence-electron chi connectivity index (χ4n) is 1.55. The zero-order valence-electron chi connectivity index (χ0n) is 9.28. The third-order valence-corrected chi connectivity index (χ3v) is 2.62. The number of aryl methyl sites for hydroxylation is 3. The van der Waals surface area contributed by atoms with Crippen molar-refractivity contribution in [2.24, 2.45) is 0 Å². The van der Waals surface area contributed by atoms with Gasteiger partial charge in [-0.25, -0.2) is 0 Å². The summed E-state index contributed by atoms with van der Waals surface area (Å²) in [6, 6.07) is 8.50. The van der Waals surface area contributed by atoms with Gasteiger partial charge < -0.3 is 0 Å². The van der Waals surface area contributed by atoms with Crippen molar-refractivity contribution in [1.82, 2.24) is 10.2 Å². The van der Waals surface area contributed by atoms with Crippen LogP contribution in [0.1, 0.15) is 16.8 Å². The van der Waals surface area contributed by atoms with E-state index in [4.69, 9.17) is 0 Å². The van der Waals surface area contributed by atoms with Gasteiger partial charge in [0.25, 0.3) is 0 Å². The molecule has 76 valence electrons. The second-order valence-corrected chi connectivity index (χ2v) is 3.88. The van der Waals surface area contributed by atoms with Gasteiger partial charge in [0.15, 0.2) is 0 Å². The van der Waals surface area contributed by atoms with Crippen LogP contribution in [-0.2, 0) is 0 Å². The summed E-state index contributed by atoms with van der Waals surface area (Å²) in [5, 5.41) is 7.92.